The van der Waals surface area contributed by atoms with Crippen molar-refractivity contribution in [3.05, 3.63) is 0 Å². The molecule has 0 saturated carbocycles. The monoisotopic (exact) mass is 155 g/mol. The van der Waals surface area contributed by atoms with Crippen molar-refractivity contribution >= 4 is 0 Å². The van der Waals surface area contributed by atoms with Crippen LogP contribution in [0, 0.1) is 12.2 Å². The number of hydrogen-bond donors (Lipinski definition) is 1. The van der Waals surface area contributed by atoms with Crippen LogP contribution < -0.4 is 0 Å². The van der Waals surface area contributed by atoms with E-state index >= 15 is 0 Å². The molecule has 62 valence electrons. The van der Waals surface area contributed by atoms with Gasteiger partial charge in [0, 0.05) is 0 Å². The third-order valence-corrected chi connectivity index (χ3v) is 1.63. The number of morpholine rings is 1. The highest BCUT2D eigenvalue weighted by Crippen LogP contribution is 2.08. The van der Waals surface area contributed by atoms with Crippen molar-refractivity contribution in [3.63, 3.8) is 0 Å². The summed E-state index contributed by atoms with van der Waals surface area (Å²) >= 11 is 0. The van der Waals surface area contributed by atoms with Crippen LogP contribution in [-0.4, -0.2) is 35.3 Å². The molecule has 1 aliphatic rings. The van der Waals surface area contributed by atoms with Gasteiger partial charge in [-0.25, -0.2) is 0 Å². The zero-order chi connectivity index (χ0) is 8.27. The van der Waals surface area contributed by atoms with E-state index in [2.05, 4.69) is 6.04 Å². The van der Waals surface area contributed by atoms with Crippen molar-refractivity contribution in [1.82, 2.24) is 4.90 Å². The fourth-order valence-electron chi connectivity index (χ4n) is 1.34. The van der Waals surface area contributed by atoms with Crippen LogP contribution in [0.2, 0.25) is 0 Å². The molecule has 0 aromatic heterocycles. The summed E-state index contributed by atoms with van der Waals surface area (Å²) in [6.45, 7) is 5.55. The number of ether oxygens (including phenoxy) is 1. The fraction of sp³-hybridized carbons (Fsp3) is 0.750. The van der Waals surface area contributed by atoms with Gasteiger partial charge >= 0.3 is 0 Å². The van der Waals surface area contributed by atoms with Gasteiger partial charge in [-0.2, -0.15) is 0 Å². The topological polar surface area (TPSA) is 32.7 Å². The number of aliphatic hydroxyl groups is 1. The van der Waals surface area contributed by atoms with Crippen molar-refractivity contribution in [1.29, 1.82) is 0 Å². The molecular formula is C8H13NO2. The van der Waals surface area contributed by atoms with Crippen molar-refractivity contribution < 1.29 is 9.84 Å². The predicted octanol–water partition coefficient (Wildman–Crippen LogP) is 0.387. The van der Waals surface area contributed by atoms with E-state index < -0.39 is 0 Å². The van der Waals surface area contributed by atoms with Crippen LogP contribution in [0.5, 0.6) is 0 Å². The van der Waals surface area contributed by atoms with Gasteiger partial charge in [0.2, 0.25) is 0 Å². The maximum atomic E-state index is 8.35. The Morgan fingerprint density at radius 3 is 2.36 bits per heavy atom. The van der Waals surface area contributed by atoms with Gasteiger partial charge in [-0.1, -0.05) is 0 Å². The first-order chi connectivity index (χ1) is 5.22. The molecule has 3 nitrogen and oxygen atoms in total. The lowest BCUT2D eigenvalue weighted by atomic mass is 10.2. The lowest BCUT2D eigenvalue weighted by molar-refractivity contribution is -0.0512. The molecule has 0 aliphatic carbocycles. The smallest absolute Gasteiger partial charge is 0.131 e. The van der Waals surface area contributed by atoms with Crippen molar-refractivity contribution in [2.24, 2.45) is 0 Å². The van der Waals surface area contributed by atoms with Crippen LogP contribution in [0.1, 0.15) is 13.8 Å². The van der Waals surface area contributed by atoms with Gasteiger partial charge in [-0.3, -0.25) is 0 Å². The first-order valence-electron chi connectivity index (χ1n) is 3.77. The maximum absolute atomic E-state index is 8.35. The van der Waals surface area contributed by atoms with E-state index in [1.165, 1.54) is 0 Å². The largest absolute Gasteiger partial charge is 0.461 e. The molecule has 1 aliphatic heterocycles. The molecule has 1 heterocycles. The minimum Gasteiger partial charge on any atom is -0.461 e. The summed E-state index contributed by atoms with van der Waals surface area (Å²) in [7, 11) is 0. The van der Waals surface area contributed by atoms with E-state index in [9.17, 15) is 0 Å². The van der Waals surface area contributed by atoms with Crippen LogP contribution in [0.4, 0.5) is 0 Å². The molecule has 1 fully saturated rings. The molecular weight excluding hydrogens is 142 g/mol. The van der Waals surface area contributed by atoms with E-state index in [1.54, 1.807) is 0 Å². The van der Waals surface area contributed by atoms with E-state index in [-0.39, 0.29) is 12.2 Å². The Labute approximate surface area is 67.0 Å². The Hall–Kier alpha value is -0.880. The van der Waals surface area contributed by atoms with Gasteiger partial charge in [-0.15, -0.1) is 0 Å². The highest BCUT2D eigenvalue weighted by atomic mass is 16.5. The van der Waals surface area contributed by atoms with Crippen LogP contribution in [-0.2, 0) is 4.74 Å². The summed E-state index contributed by atoms with van der Waals surface area (Å²) < 4.78 is 5.47. The second-order valence-electron chi connectivity index (χ2n) is 2.89. The average Bonchev–Trinajstić information content (AvgIpc) is 1.85. The molecule has 0 aromatic rings. The van der Waals surface area contributed by atoms with E-state index in [1.807, 2.05) is 24.9 Å². The van der Waals surface area contributed by atoms with Crippen LogP contribution in [0.3, 0.4) is 0 Å². The third-order valence-electron chi connectivity index (χ3n) is 1.63. The van der Waals surface area contributed by atoms with Crippen LogP contribution in [0.15, 0.2) is 0 Å². The van der Waals surface area contributed by atoms with Gasteiger partial charge in [0.15, 0.2) is 0 Å². The summed E-state index contributed by atoms with van der Waals surface area (Å²) in [4.78, 5) is 1.87. The van der Waals surface area contributed by atoms with Gasteiger partial charge in [0.1, 0.15) is 6.11 Å². The van der Waals surface area contributed by atoms with Crippen molar-refractivity contribution in [2.75, 3.05) is 13.1 Å². The number of rotatable bonds is 0. The Bertz CT molecular complexity index is 172. The van der Waals surface area contributed by atoms with Gasteiger partial charge < -0.3 is 14.7 Å². The second-order valence-corrected chi connectivity index (χ2v) is 2.89. The van der Waals surface area contributed by atoms with Gasteiger partial charge in [-0.05, 0) is 13.8 Å². The van der Waals surface area contributed by atoms with Crippen molar-refractivity contribution in [2.45, 2.75) is 26.1 Å². The summed E-state index contributed by atoms with van der Waals surface area (Å²) in [5.74, 6) is 0. The molecule has 11 heavy (non-hydrogen) atoms. The highest BCUT2D eigenvalue weighted by molar-refractivity contribution is 4.93. The molecule has 0 amide bonds. The molecule has 2 atom stereocenters. The van der Waals surface area contributed by atoms with E-state index in [0.29, 0.717) is 0 Å². The van der Waals surface area contributed by atoms with E-state index in [0.717, 1.165) is 13.1 Å². The highest BCUT2D eigenvalue weighted by Gasteiger charge is 2.19. The molecule has 0 aromatic carbocycles. The zero-order valence-corrected chi connectivity index (χ0v) is 6.87. The third kappa shape index (κ3) is 2.32. The molecule has 0 radical (unpaired) electrons. The Kier molecular flexibility index (Phi) is 2.61. The fourth-order valence-corrected chi connectivity index (χ4v) is 1.34. The number of aliphatic hydroxyl groups excluding tert-OH is 1. The molecule has 0 spiro atoms. The lowest BCUT2D eigenvalue weighted by Crippen LogP contribution is -2.42. The number of hydrogen-bond acceptors (Lipinski definition) is 3. The molecule has 1 rings (SSSR count). The van der Waals surface area contributed by atoms with Crippen LogP contribution >= 0.6 is 0 Å². The molecule has 0 bridgehead atoms. The van der Waals surface area contributed by atoms with Gasteiger partial charge in [0.25, 0.3) is 0 Å². The summed E-state index contributed by atoms with van der Waals surface area (Å²) in [5, 5.41) is 8.35. The average molecular weight is 155 g/mol. The maximum Gasteiger partial charge on any atom is 0.131 e. The zero-order valence-electron chi connectivity index (χ0n) is 6.87. The quantitative estimate of drug-likeness (QED) is 0.513. The molecule has 0 unspecified atom stereocenters. The lowest BCUT2D eigenvalue weighted by Gasteiger charge is -2.32. The normalized spacial score (nSPS) is 30.9. The Morgan fingerprint density at radius 2 is 1.91 bits per heavy atom. The SMILES string of the molecule is C[C@@H]1CN(C#CO)C[C@H](C)O1. The molecule has 1 N–H and O–H groups in total. The second kappa shape index (κ2) is 3.49. The molecule has 1 saturated heterocycles. The Balaban J connectivity index is 2.47. The van der Waals surface area contributed by atoms with Gasteiger partial charge in [0.05, 0.1) is 31.3 Å². The predicted molar refractivity (Wildman–Crippen MR) is 41.3 cm³/mol. The Morgan fingerprint density at radius 1 is 1.36 bits per heavy atom. The number of nitrogens with zero attached hydrogens (tertiary/aromatic N) is 1. The summed E-state index contributed by atoms with van der Waals surface area (Å²) in [5.41, 5.74) is 0. The first-order valence-corrected chi connectivity index (χ1v) is 3.77. The summed E-state index contributed by atoms with van der Waals surface area (Å²) in [6, 6.07) is 2.60. The molecule has 3 heteroatoms. The summed E-state index contributed by atoms with van der Waals surface area (Å²) in [6.07, 6.45) is 2.31. The minimum atomic E-state index is 0.208. The standard InChI is InChI=1S/C8H13NO2/c1-7-5-9(3-4-10)6-8(2)11-7/h7-8,10H,5-6H2,1-2H3/t7-,8+. The van der Waals surface area contributed by atoms with Crippen molar-refractivity contribution in [3.8, 4) is 12.2 Å². The minimum absolute atomic E-state index is 0.208. The van der Waals surface area contributed by atoms with E-state index in [4.69, 9.17) is 9.84 Å². The first kappa shape index (κ1) is 8.22. The van der Waals surface area contributed by atoms with Crippen LogP contribution in [0.25, 0.3) is 0 Å².